The van der Waals surface area contributed by atoms with E-state index in [1.165, 1.54) is 10.9 Å². The summed E-state index contributed by atoms with van der Waals surface area (Å²) in [7, 11) is 0. The van der Waals surface area contributed by atoms with Crippen molar-refractivity contribution in [2.45, 2.75) is 18.9 Å². The Balaban J connectivity index is 2.11. The lowest BCUT2D eigenvalue weighted by Gasteiger charge is -2.16. The first-order valence-electron chi connectivity index (χ1n) is 5.72. The van der Waals surface area contributed by atoms with Crippen LogP contribution in [0, 0.1) is 5.82 Å². The third-order valence-electron chi connectivity index (χ3n) is 2.82. The lowest BCUT2D eigenvalue weighted by atomic mass is 10.0. The van der Waals surface area contributed by atoms with Crippen LogP contribution in [0.3, 0.4) is 0 Å². The molecule has 6 heteroatoms. The van der Waals surface area contributed by atoms with Gasteiger partial charge in [0.2, 0.25) is 0 Å². The Morgan fingerprint density at radius 3 is 2.79 bits per heavy atom. The van der Waals surface area contributed by atoms with Crippen molar-refractivity contribution in [3.05, 3.63) is 55.4 Å². The van der Waals surface area contributed by atoms with Gasteiger partial charge in [0, 0.05) is 31.4 Å². The number of hydrazine groups is 1. The van der Waals surface area contributed by atoms with Gasteiger partial charge in [-0.15, -0.1) is 11.3 Å². The Bertz CT molecular complexity index is 541. The van der Waals surface area contributed by atoms with Gasteiger partial charge in [-0.1, -0.05) is 17.7 Å². The normalized spacial score (nSPS) is 12.6. The molecule has 1 atom stereocenters. The van der Waals surface area contributed by atoms with Crippen LogP contribution in [0.15, 0.2) is 34.1 Å². The van der Waals surface area contributed by atoms with Crippen molar-refractivity contribution in [3.8, 4) is 0 Å². The molecular formula is C13H13BrClFN2S. The quantitative estimate of drug-likeness (QED) is 0.624. The molecule has 0 aliphatic heterocycles. The molecular weight excluding hydrogens is 351 g/mol. The maximum Gasteiger partial charge on any atom is 0.127 e. The summed E-state index contributed by atoms with van der Waals surface area (Å²) in [4.78, 5) is 1.18. The lowest BCUT2D eigenvalue weighted by Crippen LogP contribution is -2.38. The molecule has 1 aromatic heterocycles. The van der Waals surface area contributed by atoms with Gasteiger partial charge in [-0.2, -0.15) is 0 Å². The van der Waals surface area contributed by atoms with Gasteiger partial charge < -0.3 is 0 Å². The van der Waals surface area contributed by atoms with Crippen LogP contribution in [-0.4, -0.2) is 6.04 Å². The second-order valence-electron chi connectivity index (χ2n) is 4.20. The first-order valence-corrected chi connectivity index (χ1v) is 7.77. The van der Waals surface area contributed by atoms with Gasteiger partial charge in [0.1, 0.15) is 5.82 Å². The molecule has 0 saturated carbocycles. The molecule has 0 radical (unpaired) electrons. The van der Waals surface area contributed by atoms with Crippen LogP contribution in [0.1, 0.15) is 10.4 Å². The van der Waals surface area contributed by atoms with Crippen LogP contribution >= 0.6 is 38.9 Å². The molecule has 1 aromatic carbocycles. The van der Waals surface area contributed by atoms with E-state index in [2.05, 4.69) is 21.4 Å². The highest BCUT2D eigenvalue weighted by atomic mass is 79.9. The third kappa shape index (κ3) is 4.00. The molecule has 2 rings (SSSR count). The first-order chi connectivity index (χ1) is 9.10. The zero-order valence-electron chi connectivity index (χ0n) is 10.00. The minimum atomic E-state index is -0.292. The largest absolute Gasteiger partial charge is 0.271 e. The van der Waals surface area contributed by atoms with Gasteiger partial charge in [-0.3, -0.25) is 11.3 Å². The van der Waals surface area contributed by atoms with Gasteiger partial charge in [0.25, 0.3) is 0 Å². The number of benzene rings is 1. The van der Waals surface area contributed by atoms with Crippen LogP contribution in [0.5, 0.6) is 0 Å². The average molecular weight is 364 g/mol. The smallest absolute Gasteiger partial charge is 0.127 e. The minimum Gasteiger partial charge on any atom is -0.271 e. The number of nitrogens with two attached hydrogens (primary N) is 1. The molecule has 0 spiro atoms. The van der Waals surface area contributed by atoms with E-state index < -0.39 is 0 Å². The van der Waals surface area contributed by atoms with Gasteiger partial charge in [-0.25, -0.2) is 4.39 Å². The van der Waals surface area contributed by atoms with E-state index >= 15 is 0 Å². The average Bonchev–Trinajstić information content (AvgIpc) is 2.78. The van der Waals surface area contributed by atoms with Crippen LogP contribution in [-0.2, 0) is 12.8 Å². The number of rotatable bonds is 5. The number of hydrogen-bond donors (Lipinski definition) is 2. The second kappa shape index (κ2) is 6.81. The van der Waals surface area contributed by atoms with E-state index in [9.17, 15) is 4.39 Å². The molecule has 0 aliphatic carbocycles. The molecule has 0 saturated heterocycles. The van der Waals surface area contributed by atoms with Crippen molar-refractivity contribution in [1.82, 2.24) is 5.43 Å². The summed E-state index contributed by atoms with van der Waals surface area (Å²) in [6, 6.07) is 6.69. The minimum absolute atomic E-state index is 0.0556. The van der Waals surface area contributed by atoms with Crippen LogP contribution in [0.2, 0.25) is 5.02 Å². The predicted molar refractivity (Wildman–Crippen MR) is 81.9 cm³/mol. The molecule has 0 amide bonds. The van der Waals surface area contributed by atoms with Crippen LogP contribution < -0.4 is 11.3 Å². The Morgan fingerprint density at radius 2 is 2.21 bits per heavy atom. The molecule has 1 unspecified atom stereocenters. The second-order valence-corrected chi connectivity index (χ2v) is 6.52. The topological polar surface area (TPSA) is 38.0 Å². The van der Waals surface area contributed by atoms with Gasteiger partial charge in [0.05, 0.1) is 0 Å². The molecule has 3 N–H and O–H groups in total. The molecule has 2 nitrogen and oxygen atoms in total. The van der Waals surface area contributed by atoms with E-state index in [1.54, 1.807) is 23.5 Å². The van der Waals surface area contributed by atoms with Gasteiger partial charge in [-0.05, 0) is 47.0 Å². The lowest BCUT2D eigenvalue weighted by molar-refractivity contribution is 0.509. The summed E-state index contributed by atoms with van der Waals surface area (Å²) in [5, 5.41) is 2.45. The summed E-state index contributed by atoms with van der Waals surface area (Å²) >= 11 is 11.1. The number of hydrogen-bond acceptors (Lipinski definition) is 3. The fourth-order valence-electron chi connectivity index (χ4n) is 1.87. The highest BCUT2D eigenvalue weighted by molar-refractivity contribution is 9.10. The summed E-state index contributed by atoms with van der Waals surface area (Å²) in [6.07, 6.45) is 1.19. The van der Waals surface area contributed by atoms with Crippen molar-refractivity contribution >= 4 is 38.9 Å². The molecule has 1 heterocycles. The maximum absolute atomic E-state index is 13.7. The van der Waals surface area contributed by atoms with Gasteiger partial charge >= 0.3 is 0 Å². The Hall–Kier alpha value is -0.460. The predicted octanol–water partition coefficient (Wildman–Crippen LogP) is 3.92. The van der Waals surface area contributed by atoms with E-state index in [4.69, 9.17) is 17.4 Å². The van der Waals surface area contributed by atoms with E-state index in [1.807, 2.05) is 11.4 Å². The van der Waals surface area contributed by atoms with Crippen LogP contribution in [0.25, 0.3) is 0 Å². The monoisotopic (exact) mass is 362 g/mol. The van der Waals surface area contributed by atoms with E-state index in [-0.39, 0.29) is 11.9 Å². The SMILES string of the molecule is NNC(Cc1cc(Br)cs1)Cc1c(F)cccc1Cl. The van der Waals surface area contributed by atoms with E-state index in [0.717, 1.165) is 10.9 Å². The number of thiophene rings is 1. The summed E-state index contributed by atoms with van der Waals surface area (Å²) in [5.41, 5.74) is 3.23. The highest BCUT2D eigenvalue weighted by Gasteiger charge is 2.15. The highest BCUT2D eigenvalue weighted by Crippen LogP contribution is 2.24. The molecule has 19 heavy (non-hydrogen) atoms. The number of nitrogens with one attached hydrogen (secondary N) is 1. The fraction of sp³-hybridized carbons (Fsp3) is 0.231. The summed E-state index contributed by atoms with van der Waals surface area (Å²) in [6.45, 7) is 0. The standard InChI is InChI=1S/C13H13BrClFN2S/c14-8-4-10(19-7-8)5-9(18-17)6-11-12(15)2-1-3-13(11)16/h1-4,7,9,18H,5-6,17H2. The zero-order chi connectivity index (χ0) is 13.8. The summed E-state index contributed by atoms with van der Waals surface area (Å²) < 4.78 is 14.8. The van der Waals surface area contributed by atoms with Crippen molar-refractivity contribution in [1.29, 1.82) is 0 Å². The van der Waals surface area contributed by atoms with Crippen molar-refractivity contribution in [2.24, 2.45) is 5.84 Å². The summed E-state index contributed by atoms with van der Waals surface area (Å²) in [5.74, 6) is 5.26. The molecule has 0 bridgehead atoms. The van der Waals surface area contributed by atoms with Crippen molar-refractivity contribution < 1.29 is 4.39 Å². The maximum atomic E-state index is 13.7. The van der Waals surface area contributed by atoms with Crippen molar-refractivity contribution in [3.63, 3.8) is 0 Å². The fourth-order valence-corrected chi connectivity index (χ4v) is 3.64. The Kier molecular flexibility index (Phi) is 5.36. The number of halogens is 3. The molecule has 2 aromatic rings. The third-order valence-corrected chi connectivity index (χ3v) is 4.89. The first kappa shape index (κ1) is 14.9. The Labute approximate surface area is 128 Å². The van der Waals surface area contributed by atoms with Gasteiger partial charge in [0.15, 0.2) is 0 Å². The Morgan fingerprint density at radius 1 is 1.42 bits per heavy atom. The van der Waals surface area contributed by atoms with Crippen molar-refractivity contribution in [2.75, 3.05) is 0 Å². The van der Waals surface area contributed by atoms with E-state index in [0.29, 0.717) is 17.0 Å². The zero-order valence-corrected chi connectivity index (χ0v) is 13.2. The molecule has 102 valence electrons. The van der Waals surface area contributed by atoms with Crippen LogP contribution in [0.4, 0.5) is 4.39 Å². The molecule has 0 aliphatic rings. The molecule has 0 fully saturated rings.